The summed E-state index contributed by atoms with van der Waals surface area (Å²) in [6.45, 7) is 1.42. The van der Waals surface area contributed by atoms with Crippen LogP contribution in [0.15, 0.2) is 16.6 Å². The van der Waals surface area contributed by atoms with Crippen molar-refractivity contribution in [3.63, 3.8) is 0 Å². The van der Waals surface area contributed by atoms with Gasteiger partial charge in [0.1, 0.15) is 11.3 Å². The Kier molecular flexibility index (Phi) is 6.59. The summed E-state index contributed by atoms with van der Waals surface area (Å²) in [5, 5.41) is 19.6. The highest BCUT2D eigenvalue weighted by Crippen LogP contribution is 2.40. The first kappa shape index (κ1) is 20.9. The molecule has 0 radical (unpaired) electrons. The number of aliphatic hydroxyl groups is 2. The molecule has 1 aliphatic carbocycles. The third-order valence-electron chi connectivity index (χ3n) is 4.50. The Hall–Kier alpha value is -2.42. The molecule has 0 heterocycles. The van der Waals surface area contributed by atoms with Gasteiger partial charge in [-0.25, -0.2) is 22.4 Å². The van der Waals surface area contributed by atoms with Crippen LogP contribution in [0.3, 0.4) is 0 Å². The number of rotatable bonds is 7. The van der Waals surface area contributed by atoms with Crippen molar-refractivity contribution in [3.05, 3.63) is 40.5 Å². The van der Waals surface area contributed by atoms with E-state index in [1.165, 1.54) is 6.92 Å². The maximum absolute atomic E-state index is 13.9. The number of nitrogens with zero attached hydrogens (tertiary/aromatic N) is 1. The molecule has 0 saturated heterocycles. The van der Waals surface area contributed by atoms with Gasteiger partial charge in [0.05, 0.1) is 18.8 Å². The molecule has 0 aliphatic heterocycles. The van der Waals surface area contributed by atoms with E-state index in [-0.39, 0.29) is 25.8 Å². The second kappa shape index (κ2) is 8.51. The molecule has 27 heavy (non-hydrogen) atoms. The van der Waals surface area contributed by atoms with Gasteiger partial charge >= 0.3 is 5.97 Å². The van der Waals surface area contributed by atoms with Crippen LogP contribution in [0.5, 0.6) is 0 Å². The predicted octanol–water partition coefficient (Wildman–Crippen LogP) is 3.31. The second-order valence-corrected chi connectivity index (χ2v) is 6.31. The molecule has 2 N–H and O–H groups in total. The Morgan fingerprint density at radius 3 is 2.44 bits per heavy atom. The molecule has 2 rings (SSSR count). The fourth-order valence-electron chi connectivity index (χ4n) is 2.68. The summed E-state index contributed by atoms with van der Waals surface area (Å²) < 4.78 is 58.6. The molecule has 0 aromatic heterocycles. The van der Waals surface area contributed by atoms with Gasteiger partial charge in [-0.1, -0.05) is 6.42 Å². The van der Waals surface area contributed by atoms with Gasteiger partial charge in [-0.15, -0.1) is 0 Å². The van der Waals surface area contributed by atoms with E-state index in [0.717, 1.165) is 25.5 Å². The summed E-state index contributed by atoms with van der Waals surface area (Å²) in [6, 6.07) is 0.233. The number of hydrogen-bond acceptors (Lipinski definition) is 5. The van der Waals surface area contributed by atoms with Crippen LogP contribution < -0.4 is 0 Å². The molecule has 5 nitrogen and oxygen atoms in total. The van der Waals surface area contributed by atoms with Crippen molar-refractivity contribution in [2.24, 2.45) is 10.4 Å². The maximum atomic E-state index is 13.9. The van der Waals surface area contributed by atoms with E-state index >= 15 is 0 Å². The Morgan fingerprint density at radius 2 is 1.93 bits per heavy atom. The zero-order valence-corrected chi connectivity index (χ0v) is 14.6. The molecular formula is C18H19F4NO4. The predicted molar refractivity (Wildman–Crippen MR) is 89.2 cm³/mol. The van der Waals surface area contributed by atoms with Crippen molar-refractivity contribution in [2.45, 2.75) is 26.2 Å². The molecule has 0 spiro atoms. The molecular weight excluding hydrogens is 370 g/mol. The van der Waals surface area contributed by atoms with E-state index < -0.39 is 51.5 Å². The first-order valence-electron chi connectivity index (χ1n) is 8.30. The van der Waals surface area contributed by atoms with Crippen LogP contribution in [0, 0.1) is 28.7 Å². The first-order valence-corrected chi connectivity index (χ1v) is 8.30. The molecule has 148 valence electrons. The second-order valence-electron chi connectivity index (χ2n) is 6.31. The summed E-state index contributed by atoms with van der Waals surface area (Å²) >= 11 is 0. The van der Waals surface area contributed by atoms with Gasteiger partial charge in [0.2, 0.25) is 0 Å². The average Bonchev–Trinajstić information content (AvgIpc) is 2.61. The summed E-state index contributed by atoms with van der Waals surface area (Å²) in [4.78, 5) is 16.0. The van der Waals surface area contributed by atoms with Crippen LogP contribution in [0.25, 0.3) is 5.76 Å². The van der Waals surface area contributed by atoms with E-state index in [0.29, 0.717) is 0 Å². The summed E-state index contributed by atoms with van der Waals surface area (Å²) in [5.41, 5.74) is -2.11. The number of aliphatic hydroxyl groups excluding tert-OH is 2. The lowest BCUT2D eigenvalue weighted by Gasteiger charge is -2.38. The molecule has 1 aromatic carbocycles. The van der Waals surface area contributed by atoms with Crippen molar-refractivity contribution < 1.29 is 37.3 Å². The smallest absolute Gasteiger partial charge is 0.343 e. The van der Waals surface area contributed by atoms with Crippen molar-refractivity contribution in [1.29, 1.82) is 0 Å². The quantitative estimate of drug-likeness (QED) is 0.143. The molecule has 1 saturated carbocycles. The number of halogens is 4. The Morgan fingerprint density at radius 1 is 1.26 bits per heavy atom. The zero-order chi connectivity index (χ0) is 20.2. The third-order valence-corrected chi connectivity index (χ3v) is 4.50. The topological polar surface area (TPSA) is 79.1 Å². The minimum Gasteiger partial charge on any atom is -0.506 e. The monoisotopic (exact) mass is 389 g/mol. The molecule has 0 bridgehead atoms. The SMILES string of the molecule is CCOC(=O)C(C=NCC1(CO)CCC1)=C(O)c1cc(F)c(F)c(F)c1F. The minimum absolute atomic E-state index is 0.0847. The molecule has 1 fully saturated rings. The number of ether oxygens (including phenoxy) is 1. The lowest BCUT2D eigenvalue weighted by molar-refractivity contribution is -0.137. The summed E-state index contributed by atoms with van der Waals surface area (Å²) in [7, 11) is 0. The number of benzene rings is 1. The molecule has 1 aliphatic rings. The molecule has 0 unspecified atom stereocenters. The summed E-state index contributed by atoms with van der Waals surface area (Å²) in [6.07, 6.45) is 3.27. The average molecular weight is 389 g/mol. The van der Waals surface area contributed by atoms with Crippen LogP contribution in [0.2, 0.25) is 0 Å². The van der Waals surface area contributed by atoms with Crippen LogP contribution >= 0.6 is 0 Å². The van der Waals surface area contributed by atoms with Crippen molar-refractivity contribution in [2.75, 3.05) is 19.8 Å². The molecule has 0 amide bonds. The molecule has 0 atom stereocenters. The van der Waals surface area contributed by atoms with Gasteiger partial charge in [-0.2, -0.15) is 0 Å². The summed E-state index contributed by atoms with van der Waals surface area (Å²) in [5.74, 6) is -9.98. The Bertz CT molecular complexity index is 783. The number of carbonyl (C=O) groups is 1. The van der Waals surface area contributed by atoms with Crippen molar-refractivity contribution in [1.82, 2.24) is 0 Å². The van der Waals surface area contributed by atoms with Crippen LogP contribution in [-0.2, 0) is 9.53 Å². The van der Waals surface area contributed by atoms with Gasteiger partial charge in [0.25, 0.3) is 0 Å². The first-order chi connectivity index (χ1) is 12.8. The Balaban J connectivity index is 2.44. The van der Waals surface area contributed by atoms with E-state index in [2.05, 4.69) is 4.99 Å². The highest BCUT2D eigenvalue weighted by Gasteiger charge is 2.36. The van der Waals surface area contributed by atoms with Crippen LogP contribution in [0.4, 0.5) is 17.6 Å². The largest absolute Gasteiger partial charge is 0.506 e. The van der Waals surface area contributed by atoms with Crippen LogP contribution in [-0.4, -0.2) is 42.2 Å². The van der Waals surface area contributed by atoms with E-state index in [9.17, 15) is 32.6 Å². The van der Waals surface area contributed by atoms with Crippen molar-refractivity contribution >= 4 is 17.9 Å². The Labute approximate surface area is 153 Å². The maximum Gasteiger partial charge on any atom is 0.343 e. The van der Waals surface area contributed by atoms with E-state index in [1.54, 1.807) is 0 Å². The lowest BCUT2D eigenvalue weighted by Crippen LogP contribution is -2.36. The van der Waals surface area contributed by atoms with E-state index in [1.807, 2.05) is 0 Å². The van der Waals surface area contributed by atoms with Gasteiger partial charge in [-0.05, 0) is 25.8 Å². The standard InChI is InChI=1S/C18H19F4NO4/c1-2-27-17(26)11(7-23-8-18(9-24)4-3-5-18)16(25)10-6-12(19)14(21)15(22)13(10)20/h6-7,24-25H,2-5,8-9H2,1H3. The van der Waals surface area contributed by atoms with Crippen molar-refractivity contribution in [3.8, 4) is 0 Å². The van der Waals surface area contributed by atoms with Gasteiger partial charge in [0.15, 0.2) is 23.3 Å². The third kappa shape index (κ3) is 4.29. The van der Waals surface area contributed by atoms with Gasteiger partial charge in [-0.3, -0.25) is 4.99 Å². The molecule has 1 aromatic rings. The highest BCUT2D eigenvalue weighted by molar-refractivity contribution is 6.15. The van der Waals surface area contributed by atoms with Gasteiger partial charge < -0.3 is 14.9 Å². The van der Waals surface area contributed by atoms with Crippen LogP contribution in [0.1, 0.15) is 31.7 Å². The molecule has 9 heteroatoms. The normalized spacial score (nSPS) is 16.8. The number of aliphatic imine (C=N–C) groups is 1. The minimum atomic E-state index is -2.12. The fraction of sp³-hybridized carbons (Fsp3) is 0.444. The number of carbonyl (C=O) groups excluding carboxylic acids is 1. The highest BCUT2D eigenvalue weighted by atomic mass is 19.2. The van der Waals surface area contributed by atoms with E-state index in [4.69, 9.17) is 4.74 Å². The zero-order valence-electron chi connectivity index (χ0n) is 14.6. The lowest BCUT2D eigenvalue weighted by atomic mass is 9.69. The number of esters is 1. The van der Waals surface area contributed by atoms with Gasteiger partial charge in [0, 0.05) is 18.2 Å². The number of hydrogen-bond donors (Lipinski definition) is 2. The fourth-order valence-corrected chi connectivity index (χ4v) is 2.68.